The standard InChI is InChI=1S/C15H15ClN2O/c1-10-7-13(16)5-6-14(10)18-15(19)12-4-2-3-11(8-12)9-17/h2-8H,9,17H2,1H3,(H,18,19). The third-order valence-electron chi connectivity index (χ3n) is 2.86. The maximum Gasteiger partial charge on any atom is 0.255 e. The van der Waals surface area contributed by atoms with E-state index >= 15 is 0 Å². The number of hydrogen-bond acceptors (Lipinski definition) is 2. The fourth-order valence-corrected chi connectivity index (χ4v) is 2.03. The Morgan fingerprint density at radius 2 is 2.05 bits per heavy atom. The molecule has 2 aromatic rings. The summed E-state index contributed by atoms with van der Waals surface area (Å²) < 4.78 is 0. The van der Waals surface area contributed by atoms with Crippen molar-refractivity contribution in [3.63, 3.8) is 0 Å². The smallest absolute Gasteiger partial charge is 0.255 e. The minimum atomic E-state index is -0.152. The van der Waals surface area contributed by atoms with Crippen LogP contribution >= 0.6 is 11.6 Å². The van der Waals surface area contributed by atoms with E-state index in [1.165, 1.54) is 0 Å². The zero-order valence-electron chi connectivity index (χ0n) is 10.6. The van der Waals surface area contributed by atoms with E-state index in [4.69, 9.17) is 17.3 Å². The van der Waals surface area contributed by atoms with Crippen LogP contribution in [0.4, 0.5) is 5.69 Å². The van der Waals surface area contributed by atoms with Gasteiger partial charge in [0.25, 0.3) is 5.91 Å². The molecule has 0 spiro atoms. The molecule has 2 rings (SSSR count). The number of anilines is 1. The number of hydrogen-bond donors (Lipinski definition) is 2. The molecule has 0 aliphatic carbocycles. The molecule has 0 fully saturated rings. The average molecular weight is 275 g/mol. The van der Waals surface area contributed by atoms with Crippen molar-refractivity contribution in [3.05, 3.63) is 64.2 Å². The summed E-state index contributed by atoms with van der Waals surface area (Å²) in [6.45, 7) is 2.32. The van der Waals surface area contributed by atoms with Crippen molar-refractivity contribution in [3.8, 4) is 0 Å². The van der Waals surface area contributed by atoms with Gasteiger partial charge in [0.05, 0.1) is 0 Å². The third kappa shape index (κ3) is 3.34. The van der Waals surface area contributed by atoms with Gasteiger partial charge in [-0.25, -0.2) is 0 Å². The van der Waals surface area contributed by atoms with Gasteiger partial charge in [-0.2, -0.15) is 0 Å². The van der Waals surface area contributed by atoms with Gasteiger partial charge in [0.1, 0.15) is 0 Å². The van der Waals surface area contributed by atoms with Gasteiger partial charge < -0.3 is 11.1 Å². The summed E-state index contributed by atoms with van der Waals surface area (Å²) in [5.41, 5.74) is 8.78. The molecule has 19 heavy (non-hydrogen) atoms. The van der Waals surface area contributed by atoms with E-state index in [1.807, 2.05) is 25.1 Å². The van der Waals surface area contributed by atoms with Gasteiger partial charge in [0.2, 0.25) is 0 Å². The van der Waals surface area contributed by atoms with Crippen LogP contribution in [-0.2, 0) is 6.54 Å². The number of rotatable bonds is 3. The van der Waals surface area contributed by atoms with E-state index in [1.54, 1.807) is 24.3 Å². The van der Waals surface area contributed by atoms with E-state index in [0.29, 0.717) is 17.1 Å². The lowest BCUT2D eigenvalue weighted by atomic mass is 10.1. The predicted molar refractivity (Wildman–Crippen MR) is 78.5 cm³/mol. The number of amides is 1. The molecular weight excluding hydrogens is 260 g/mol. The summed E-state index contributed by atoms with van der Waals surface area (Å²) in [7, 11) is 0. The number of carbonyl (C=O) groups is 1. The van der Waals surface area contributed by atoms with Crippen molar-refractivity contribution >= 4 is 23.2 Å². The second kappa shape index (κ2) is 5.87. The molecule has 0 aliphatic rings. The van der Waals surface area contributed by atoms with Crippen LogP contribution in [0.1, 0.15) is 21.5 Å². The van der Waals surface area contributed by atoms with E-state index in [9.17, 15) is 4.79 Å². The van der Waals surface area contributed by atoms with Gasteiger partial charge in [-0.05, 0) is 48.4 Å². The first-order valence-corrected chi connectivity index (χ1v) is 6.34. The van der Waals surface area contributed by atoms with Gasteiger partial charge in [0.15, 0.2) is 0 Å². The molecule has 0 atom stereocenters. The average Bonchev–Trinajstić information content (AvgIpc) is 2.42. The number of benzene rings is 2. The third-order valence-corrected chi connectivity index (χ3v) is 3.10. The lowest BCUT2D eigenvalue weighted by Crippen LogP contribution is -2.13. The normalized spacial score (nSPS) is 10.3. The fourth-order valence-electron chi connectivity index (χ4n) is 1.80. The van der Waals surface area contributed by atoms with E-state index in [-0.39, 0.29) is 5.91 Å². The summed E-state index contributed by atoms with van der Waals surface area (Å²) in [5, 5.41) is 3.52. The molecule has 0 unspecified atom stereocenters. The molecule has 0 saturated carbocycles. The van der Waals surface area contributed by atoms with E-state index < -0.39 is 0 Å². The Bertz CT molecular complexity index is 611. The lowest BCUT2D eigenvalue weighted by molar-refractivity contribution is 0.102. The van der Waals surface area contributed by atoms with Crippen LogP contribution < -0.4 is 11.1 Å². The molecule has 1 amide bonds. The molecule has 4 heteroatoms. The molecule has 0 radical (unpaired) electrons. The van der Waals surface area contributed by atoms with Gasteiger partial charge in [-0.15, -0.1) is 0 Å². The second-order valence-electron chi connectivity index (χ2n) is 4.32. The number of nitrogens with two attached hydrogens (primary N) is 1. The molecule has 3 N–H and O–H groups in total. The molecule has 0 saturated heterocycles. The SMILES string of the molecule is Cc1cc(Cl)ccc1NC(=O)c1cccc(CN)c1. The Balaban J connectivity index is 2.20. The molecule has 0 heterocycles. The predicted octanol–water partition coefficient (Wildman–Crippen LogP) is 3.36. The minimum absolute atomic E-state index is 0.152. The maximum absolute atomic E-state index is 12.1. The highest BCUT2D eigenvalue weighted by atomic mass is 35.5. The van der Waals surface area contributed by atoms with Crippen molar-refractivity contribution in [2.24, 2.45) is 5.73 Å². The van der Waals surface area contributed by atoms with Crippen LogP contribution in [0.25, 0.3) is 0 Å². The fraction of sp³-hybridized carbons (Fsp3) is 0.133. The van der Waals surface area contributed by atoms with Gasteiger partial charge >= 0.3 is 0 Å². The largest absolute Gasteiger partial charge is 0.326 e. The highest BCUT2D eigenvalue weighted by Gasteiger charge is 2.08. The van der Waals surface area contributed by atoms with Crippen LogP contribution in [0.15, 0.2) is 42.5 Å². The van der Waals surface area contributed by atoms with E-state index in [2.05, 4.69) is 5.32 Å². The van der Waals surface area contributed by atoms with E-state index in [0.717, 1.165) is 16.8 Å². The summed E-state index contributed by atoms with van der Waals surface area (Å²) in [6.07, 6.45) is 0. The Morgan fingerprint density at radius 3 is 2.74 bits per heavy atom. The first-order chi connectivity index (χ1) is 9.10. The van der Waals surface area contributed by atoms with Crippen molar-refractivity contribution < 1.29 is 4.79 Å². The molecule has 0 aromatic heterocycles. The summed E-state index contributed by atoms with van der Waals surface area (Å²) >= 11 is 5.88. The van der Waals surface area contributed by atoms with Crippen LogP contribution in [0.3, 0.4) is 0 Å². The second-order valence-corrected chi connectivity index (χ2v) is 4.75. The first-order valence-electron chi connectivity index (χ1n) is 5.96. The number of halogens is 1. The highest BCUT2D eigenvalue weighted by Crippen LogP contribution is 2.20. The zero-order chi connectivity index (χ0) is 13.8. The quantitative estimate of drug-likeness (QED) is 0.902. The Hall–Kier alpha value is -1.84. The van der Waals surface area contributed by atoms with Crippen molar-refractivity contribution in [1.29, 1.82) is 0 Å². The summed E-state index contributed by atoms with van der Waals surface area (Å²) in [4.78, 5) is 12.1. The van der Waals surface area contributed by atoms with Crippen LogP contribution in [0, 0.1) is 6.92 Å². The van der Waals surface area contributed by atoms with Crippen molar-refractivity contribution in [1.82, 2.24) is 0 Å². The van der Waals surface area contributed by atoms with Gasteiger partial charge in [0, 0.05) is 22.8 Å². The molecular formula is C15H15ClN2O. The highest BCUT2D eigenvalue weighted by molar-refractivity contribution is 6.30. The Kier molecular flexibility index (Phi) is 4.20. The topological polar surface area (TPSA) is 55.1 Å². The van der Waals surface area contributed by atoms with Crippen LogP contribution in [-0.4, -0.2) is 5.91 Å². The van der Waals surface area contributed by atoms with Crippen LogP contribution in [0.2, 0.25) is 5.02 Å². The maximum atomic E-state index is 12.1. The van der Waals surface area contributed by atoms with Crippen molar-refractivity contribution in [2.75, 3.05) is 5.32 Å². The number of aryl methyl sites for hydroxylation is 1. The van der Waals surface area contributed by atoms with Crippen LogP contribution in [0.5, 0.6) is 0 Å². The lowest BCUT2D eigenvalue weighted by Gasteiger charge is -2.09. The van der Waals surface area contributed by atoms with Crippen molar-refractivity contribution in [2.45, 2.75) is 13.5 Å². The molecule has 98 valence electrons. The molecule has 2 aromatic carbocycles. The summed E-state index contributed by atoms with van der Waals surface area (Å²) in [5.74, 6) is -0.152. The van der Waals surface area contributed by atoms with Gasteiger partial charge in [-0.3, -0.25) is 4.79 Å². The molecule has 3 nitrogen and oxygen atoms in total. The Morgan fingerprint density at radius 1 is 1.26 bits per heavy atom. The van der Waals surface area contributed by atoms with Gasteiger partial charge in [-0.1, -0.05) is 23.7 Å². The Labute approximate surface area is 117 Å². The monoisotopic (exact) mass is 274 g/mol. The first kappa shape index (κ1) is 13.6. The molecule has 0 bridgehead atoms. The summed E-state index contributed by atoms with van der Waals surface area (Å²) in [6, 6.07) is 12.6. The minimum Gasteiger partial charge on any atom is -0.326 e. The zero-order valence-corrected chi connectivity index (χ0v) is 11.4. The number of nitrogens with one attached hydrogen (secondary N) is 1. The number of carbonyl (C=O) groups excluding carboxylic acids is 1. The molecule has 0 aliphatic heterocycles.